The highest BCUT2D eigenvalue weighted by Gasteiger charge is 1.87. The lowest BCUT2D eigenvalue weighted by Gasteiger charge is -1.97. The highest BCUT2D eigenvalue weighted by Crippen LogP contribution is 2.02. The minimum absolute atomic E-state index is 1.03. The van der Waals surface area contributed by atoms with Crippen molar-refractivity contribution < 1.29 is 0 Å². The van der Waals surface area contributed by atoms with Crippen molar-refractivity contribution >= 4 is 0 Å². The van der Waals surface area contributed by atoms with E-state index in [1.807, 2.05) is 26.8 Å². The van der Waals surface area contributed by atoms with E-state index in [2.05, 4.69) is 6.92 Å². The molecule has 0 saturated heterocycles. The van der Waals surface area contributed by atoms with Crippen LogP contribution in [0.4, 0.5) is 0 Å². The molecule has 0 amide bonds. The Bertz CT molecular complexity index is 84.9. The zero-order chi connectivity index (χ0) is 9.11. The van der Waals surface area contributed by atoms with Gasteiger partial charge in [0.1, 0.15) is 0 Å². The maximum atomic E-state index is 5.57. The molecule has 0 atom stereocenters. The molecule has 0 heterocycles. The van der Waals surface area contributed by atoms with Gasteiger partial charge < -0.3 is 5.73 Å². The van der Waals surface area contributed by atoms with Crippen LogP contribution in [-0.2, 0) is 0 Å². The first-order chi connectivity index (χ1) is 5.31. The Labute approximate surface area is 71.7 Å². The third-order valence-corrected chi connectivity index (χ3v) is 1.44. The molecule has 0 rings (SSSR count). The zero-order valence-corrected chi connectivity index (χ0v) is 8.48. The molecule has 0 unspecified atom stereocenters. The molecule has 0 aromatic heterocycles. The molecule has 0 aliphatic heterocycles. The van der Waals surface area contributed by atoms with Gasteiger partial charge in [0, 0.05) is 5.70 Å². The molecule has 2 N–H and O–H groups in total. The first-order valence-electron chi connectivity index (χ1n) is 4.72. The fourth-order valence-corrected chi connectivity index (χ4v) is 0.723. The summed E-state index contributed by atoms with van der Waals surface area (Å²) in [4.78, 5) is 0. The van der Waals surface area contributed by atoms with Crippen molar-refractivity contribution in [3.8, 4) is 0 Å². The van der Waals surface area contributed by atoms with E-state index < -0.39 is 0 Å². The molecule has 0 radical (unpaired) electrons. The SMILES string of the molecule is C/C=C(\N)CCCCC.CC. The highest BCUT2D eigenvalue weighted by molar-refractivity contribution is 4.92. The number of hydrogen-bond donors (Lipinski definition) is 1. The largest absolute Gasteiger partial charge is 0.402 e. The number of hydrogen-bond acceptors (Lipinski definition) is 1. The van der Waals surface area contributed by atoms with E-state index >= 15 is 0 Å². The second-order valence-corrected chi connectivity index (χ2v) is 2.32. The smallest absolute Gasteiger partial charge is 0.00371 e. The van der Waals surface area contributed by atoms with Gasteiger partial charge in [-0.25, -0.2) is 0 Å². The summed E-state index contributed by atoms with van der Waals surface area (Å²) < 4.78 is 0. The van der Waals surface area contributed by atoms with Gasteiger partial charge in [0.05, 0.1) is 0 Å². The van der Waals surface area contributed by atoms with Crippen molar-refractivity contribution in [2.75, 3.05) is 0 Å². The zero-order valence-electron chi connectivity index (χ0n) is 8.48. The second kappa shape index (κ2) is 12.2. The van der Waals surface area contributed by atoms with Crippen molar-refractivity contribution in [3.05, 3.63) is 11.8 Å². The van der Waals surface area contributed by atoms with Crippen LogP contribution in [0.1, 0.15) is 53.4 Å². The Kier molecular flexibility index (Phi) is 14.6. The maximum Gasteiger partial charge on any atom is 0.00371 e. The minimum Gasteiger partial charge on any atom is -0.402 e. The fourth-order valence-electron chi connectivity index (χ4n) is 0.723. The number of nitrogens with two attached hydrogens (primary N) is 1. The topological polar surface area (TPSA) is 26.0 Å². The second-order valence-electron chi connectivity index (χ2n) is 2.32. The van der Waals surface area contributed by atoms with Gasteiger partial charge in [-0.05, 0) is 19.8 Å². The lowest BCUT2D eigenvalue weighted by Crippen LogP contribution is -1.95. The fraction of sp³-hybridized carbons (Fsp3) is 0.800. The number of allylic oxidation sites excluding steroid dienone is 2. The number of rotatable bonds is 4. The minimum atomic E-state index is 1.03. The van der Waals surface area contributed by atoms with Crippen LogP contribution >= 0.6 is 0 Å². The Hall–Kier alpha value is -0.460. The molecule has 0 aromatic carbocycles. The molecule has 1 heteroatoms. The summed E-state index contributed by atoms with van der Waals surface area (Å²) in [5, 5.41) is 0. The molecule has 68 valence electrons. The normalized spacial score (nSPS) is 10.4. The van der Waals surface area contributed by atoms with E-state index in [1.54, 1.807) is 0 Å². The summed E-state index contributed by atoms with van der Waals surface area (Å²) in [6.45, 7) is 8.19. The Balaban J connectivity index is 0. The Morgan fingerprint density at radius 2 is 1.82 bits per heavy atom. The highest BCUT2D eigenvalue weighted by atomic mass is 14.6. The predicted octanol–water partition coefficient (Wildman–Crippen LogP) is 3.46. The van der Waals surface area contributed by atoms with Gasteiger partial charge in [0.15, 0.2) is 0 Å². The molecule has 1 nitrogen and oxygen atoms in total. The number of unbranched alkanes of at least 4 members (excludes halogenated alkanes) is 2. The molecule has 0 fully saturated rings. The van der Waals surface area contributed by atoms with Gasteiger partial charge in [-0.1, -0.05) is 39.7 Å². The van der Waals surface area contributed by atoms with E-state index in [0.29, 0.717) is 0 Å². The Morgan fingerprint density at radius 3 is 2.18 bits per heavy atom. The summed E-state index contributed by atoms with van der Waals surface area (Å²) in [6, 6.07) is 0. The van der Waals surface area contributed by atoms with Crippen molar-refractivity contribution in [2.45, 2.75) is 53.4 Å². The first-order valence-corrected chi connectivity index (χ1v) is 4.72. The molecule has 0 spiro atoms. The van der Waals surface area contributed by atoms with Crippen molar-refractivity contribution in [1.82, 2.24) is 0 Å². The van der Waals surface area contributed by atoms with Crippen molar-refractivity contribution in [1.29, 1.82) is 0 Å². The summed E-state index contributed by atoms with van der Waals surface area (Å²) in [5.41, 5.74) is 6.61. The first kappa shape index (κ1) is 13.2. The maximum absolute atomic E-state index is 5.57. The third kappa shape index (κ3) is 12.7. The van der Waals surface area contributed by atoms with Crippen LogP contribution in [0.25, 0.3) is 0 Å². The van der Waals surface area contributed by atoms with Gasteiger partial charge in [-0.15, -0.1) is 0 Å². The summed E-state index contributed by atoms with van der Waals surface area (Å²) in [6.07, 6.45) is 6.87. The Morgan fingerprint density at radius 1 is 1.27 bits per heavy atom. The van der Waals surface area contributed by atoms with Gasteiger partial charge in [-0.3, -0.25) is 0 Å². The molecular weight excluding hydrogens is 134 g/mol. The van der Waals surface area contributed by atoms with Gasteiger partial charge in [0.2, 0.25) is 0 Å². The molecule has 0 aromatic rings. The van der Waals surface area contributed by atoms with E-state index in [0.717, 1.165) is 12.1 Å². The molecule has 0 aliphatic carbocycles. The molecule has 0 bridgehead atoms. The summed E-state index contributed by atoms with van der Waals surface area (Å²) in [5.74, 6) is 0. The quantitative estimate of drug-likeness (QED) is 0.621. The van der Waals surface area contributed by atoms with Crippen LogP contribution in [0.15, 0.2) is 11.8 Å². The van der Waals surface area contributed by atoms with Gasteiger partial charge >= 0.3 is 0 Å². The van der Waals surface area contributed by atoms with Crippen LogP contribution in [0.3, 0.4) is 0 Å². The molecule has 0 aliphatic rings. The predicted molar refractivity (Wildman–Crippen MR) is 53.4 cm³/mol. The van der Waals surface area contributed by atoms with Crippen LogP contribution < -0.4 is 5.73 Å². The van der Waals surface area contributed by atoms with Gasteiger partial charge in [-0.2, -0.15) is 0 Å². The van der Waals surface area contributed by atoms with Crippen LogP contribution in [0.2, 0.25) is 0 Å². The molecular formula is C10H23N. The van der Waals surface area contributed by atoms with Gasteiger partial charge in [0.25, 0.3) is 0 Å². The molecule has 0 saturated carbocycles. The van der Waals surface area contributed by atoms with Crippen LogP contribution in [-0.4, -0.2) is 0 Å². The third-order valence-electron chi connectivity index (χ3n) is 1.44. The van der Waals surface area contributed by atoms with E-state index in [9.17, 15) is 0 Å². The lowest BCUT2D eigenvalue weighted by atomic mass is 10.2. The lowest BCUT2D eigenvalue weighted by molar-refractivity contribution is 0.709. The van der Waals surface area contributed by atoms with Crippen LogP contribution in [0, 0.1) is 0 Å². The summed E-state index contributed by atoms with van der Waals surface area (Å²) >= 11 is 0. The average Bonchev–Trinajstić information content (AvgIpc) is 2.08. The van der Waals surface area contributed by atoms with E-state index in [1.165, 1.54) is 19.3 Å². The van der Waals surface area contributed by atoms with Crippen molar-refractivity contribution in [2.24, 2.45) is 5.73 Å². The molecule has 11 heavy (non-hydrogen) atoms. The van der Waals surface area contributed by atoms with E-state index in [4.69, 9.17) is 5.73 Å². The summed E-state index contributed by atoms with van der Waals surface area (Å²) in [7, 11) is 0. The van der Waals surface area contributed by atoms with E-state index in [-0.39, 0.29) is 0 Å². The monoisotopic (exact) mass is 157 g/mol. The van der Waals surface area contributed by atoms with Crippen LogP contribution in [0.5, 0.6) is 0 Å². The standard InChI is InChI=1S/C8H17N.C2H6/c1-3-5-6-7-8(9)4-2;1-2/h4H,3,5-7,9H2,1-2H3;1-2H3/b8-4-;. The van der Waals surface area contributed by atoms with Crippen molar-refractivity contribution in [3.63, 3.8) is 0 Å². The average molecular weight is 157 g/mol.